The number of rotatable bonds is 4. The molecule has 6 heteroatoms. The number of aliphatic hydroxyl groups is 1. The van der Waals surface area contributed by atoms with E-state index in [1.807, 2.05) is 26.0 Å². The van der Waals surface area contributed by atoms with E-state index in [0.717, 1.165) is 48.1 Å². The Morgan fingerprint density at radius 2 is 2.08 bits per heavy atom. The molecule has 2 atom stereocenters. The van der Waals surface area contributed by atoms with Crippen molar-refractivity contribution in [3.63, 3.8) is 0 Å². The molecule has 0 bridgehead atoms. The van der Waals surface area contributed by atoms with Gasteiger partial charge in [-0.2, -0.15) is 0 Å². The highest BCUT2D eigenvalue weighted by Crippen LogP contribution is 2.21. The van der Waals surface area contributed by atoms with Crippen LogP contribution in [0, 0.1) is 13.8 Å². The zero-order valence-corrected chi connectivity index (χ0v) is 15.9. The minimum absolute atomic E-state index is 0.191. The summed E-state index contributed by atoms with van der Waals surface area (Å²) in [5.74, 6) is -0.227. The number of aliphatic hydroxyl groups excluding tert-OH is 1. The molecule has 1 amide bonds. The number of carbonyl (C=O) groups excluding carboxylic acids is 1. The van der Waals surface area contributed by atoms with Crippen molar-refractivity contribution in [3.8, 4) is 0 Å². The topological polar surface area (TPSA) is 75.1 Å². The lowest BCUT2D eigenvalue weighted by Crippen LogP contribution is -2.45. The number of hydrogen-bond donors (Lipinski definition) is 2. The van der Waals surface area contributed by atoms with E-state index >= 15 is 0 Å². The Bertz CT molecular complexity index is 792. The number of carbonyl (C=O) groups is 1. The number of halogens is 1. The monoisotopic (exact) mass is 373 g/mol. The molecule has 2 aromatic rings. The van der Waals surface area contributed by atoms with Crippen LogP contribution in [0.5, 0.6) is 0 Å². The summed E-state index contributed by atoms with van der Waals surface area (Å²) < 4.78 is 0. The first-order valence-electron chi connectivity index (χ1n) is 9.00. The third-order valence-electron chi connectivity index (χ3n) is 5.09. The van der Waals surface area contributed by atoms with Crippen molar-refractivity contribution in [2.24, 2.45) is 0 Å². The number of aromatic nitrogens is 2. The maximum absolute atomic E-state index is 12.7. The minimum atomic E-state index is -0.473. The molecule has 0 aromatic carbocycles. The average molecular weight is 374 g/mol. The Balaban J connectivity index is 1.80. The number of hydrogen-bond acceptors (Lipinski definition) is 4. The highest BCUT2D eigenvalue weighted by molar-refractivity contribution is 6.29. The number of pyridine rings is 2. The summed E-state index contributed by atoms with van der Waals surface area (Å²) >= 11 is 5.85. The highest BCUT2D eigenvalue weighted by Gasteiger charge is 2.25. The molecule has 1 unspecified atom stereocenters. The molecular weight excluding hydrogens is 350 g/mol. The van der Waals surface area contributed by atoms with E-state index in [2.05, 4.69) is 15.3 Å². The van der Waals surface area contributed by atoms with Crippen LogP contribution >= 0.6 is 11.6 Å². The summed E-state index contributed by atoms with van der Waals surface area (Å²) in [6, 6.07) is 5.34. The van der Waals surface area contributed by atoms with Crippen LogP contribution in [-0.4, -0.2) is 33.1 Å². The van der Waals surface area contributed by atoms with Gasteiger partial charge in [-0.25, -0.2) is 9.97 Å². The molecule has 138 valence electrons. The third-order valence-corrected chi connectivity index (χ3v) is 5.31. The normalized spacial score (nSPS) is 20.0. The molecule has 0 aliphatic heterocycles. The lowest BCUT2D eigenvalue weighted by molar-refractivity contribution is 0.0713. The summed E-state index contributed by atoms with van der Waals surface area (Å²) in [5.41, 5.74) is 4.35. The van der Waals surface area contributed by atoms with E-state index in [9.17, 15) is 9.90 Å². The second kappa shape index (κ2) is 8.14. The largest absolute Gasteiger partial charge is 0.391 e. The zero-order chi connectivity index (χ0) is 18.7. The Kier molecular flexibility index (Phi) is 5.89. The maximum Gasteiger partial charge on any atom is 0.270 e. The molecule has 26 heavy (non-hydrogen) atoms. The van der Waals surface area contributed by atoms with Gasteiger partial charge in [-0.15, -0.1) is 0 Å². The SMILES string of the molecule is Cc1nc(C(=O)NC2CCCC[C@@H]2O)cc(Cc2ccc(Cl)nc2)c1C. The number of amides is 1. The average Bonchev–Trinajstić information content (AvgIpc) is 2.62. The van der Waals surface area contributed by atoms with E-state index in [0.29, 0.717) is 17.3 Å². The van der Waals surface area contributed by atoms with Crippen LogP contribution in [0.25, 0.3) is 0 Å². The summed E-state index contributed by atoms with van der Waals surface area (Å²) in [6.07, 6.45) is 5.51. The Morgan fingerprint density at radius 3 is 2.77 bits per heavy atom. The van der Waals surface area contributed by atoms with Crippen LogP contribution in [0.4, 0.5) is 0 Å². The Labute approximate surface area is 158 Å². The number of nitrogens with one attached hydrogen (secondary N) is 1. The minimum Gasteiger partial charge on any atom is -0.391 e. The Morgan fingerprint density at radius 1 is 1.31 bits per heavy atom. The smallest absolute Gasteiger partial charge is 0.270 e. The molecule has 0 radical (unpaired) electrons. The van der Waals surface area contributed by atoms with E-state index < -0.39 is 6.10 Å². The summed E-state index contributed by atoms with van der Waals surface area (Å²) in [7, 11) is 0. The third kappa shape index (κ3) is 4.40. The predicted octanol–water partition coefficient (Wildman–Crippen LogP) is 3.37. The summed E-state index contributed by atoms with van der Waals surface area (Å²) in [5, 5.41) is 13.5. The quantitative estimate of drug-likeness (QED) is 0.806. The fraction of sp³-hybridized carbons (Fsp3) is 0.450. The van der Waals surface area contributed by atoms with Gasteiger partial charge in [-0.3, -0.25) is 4.79 Å². The van der Waals surface area contributed by atoms with E-state index in [1.165, 1.54) is 0 Å². The molecule has 1 fully saturated rings. The molecule has 0 spiro atoms. The standard InChI is InChI=1S/C20H24ClN3O2/c1-12-13(2)23-17(20(26)24-16-5-3-4-6-18(16)25)10-15(12)9-14-7-8-19(21)22-11-14/h7-8,10-11,16,18,25H,3-6,9H2,1-2H3,(H,24,26)/t16?,18-/m0/s1. The number of nitrogens with zero attached hydrogens (tertiary/aromatic N) is 2. The van der Waals surface area contributed by atoms with Crippen molar-refractivity contribution in [1.82, 2.24) is 15.3 Å². The molecule has 1 saturated carbocycles. The van der Waals surface area contributed by atoms with Gasteiger partial charge in [0.2, 0.25) is 0 Å². The van der Waals surface area contributed by atoms with Gasteiger partial charge in [0.25, 0.3) is 5.91 Å². The van der Waals surface area contributed by atoms with Crippen LogP contribution < -0.4 is 5.32 Å². The predicted molar refractivity (Wildman–Crippen MR) is 101 cm³/mol. The summed E-state index contributed by atoms with van der Waals surface area (Å²) in [6.45, 7) is 3.92. The molecule has 2 N–H and O–H groups in total. The van der Waals surface area contributed by atoms with Crippen molar-refractivity contribution < 1.29 is 9.90 Å². The molecule has 0 saturated heterocycles. The molecule has 1 aliphatic rings. The molecule has 1 aliphatic carbocycles. The van der Waals surface area contributed by atoms with Crippen LogP contribution in [0.15, 0.2) is 24.4 Å². The fourth-order valence-corrected chi connectivity index (χ4v) is 3.47. The van der Waals surface area contributed by atoms with Crippen LogP contribution in [0.1, 0.15) is 58.6 Å². The first-order valence-corrected chi connectivity index (χ1v) is 9.38. The van der Waals surface area contributed by atoms with E-state index in [-0.39, 0.29) is 11.9 Å². The van der Waals surface area contributed by atoms with Gasteiger partial charge in [0.1, 0.15) is 10.8 Å². The molecular formula is C20H24ClN3O2. The first kappa shape index (κ1) is 18.8. The van der Waals surface area contributed by atoms with E-state index in [1.54, 1.807) is 12.3 Å². The highest BCUT2D eigenvalue weighted by atomic mass is 35.5. The Hall–Kier alpha value is -1.98. The van der Waals surface area contributed by atoms with Gasteiger partial charge in [0.05, 0.1) is 12.1 Å². The van der Waals surface area contributed by atoms with Crippen molar-refractivity contribution in [1.29, 1.82) is 0 Å². The molecule has 2 heterocycles. The molecule has 3 rings (SSSR count). The van der Waals surface area contributed by atoms with Crippen molar-refractivity contribution in [3.05, 3.63) is 57.6 Å². The van der Waals surface area contributed by atoms with E-state index in [4.69, 9.17) is 11.6 Å². The van der Waals surface area contributed by atoms with Crippen LogP contribution in [0.2, 0.25) is 5.15 Å². The second-order valence-corrected chi connectivity index (χ2v) is 7.36. The lowest BCUT2D eigenvalue weighted by atomic mass is 9.92. The molecule has 2 aromatic heterocycles. The van der Waals surface area contributed by atoms with Gasteiger partial charge in [-0.05, 0) is 61.9 Å². The van der Waals surface area contributed by atoms with Gasteiger partial charge in [0, 0.05) is 11.9 Å². The lowest BCUT2D eigenvalue weighted by Gasteiger charge is -2.28. The van der Waals surface area contributed by atoms with Crippen molar-refractivity contribution in [2.75, 3.05) is 0 Å². The van der Waals surface area contributed by atoms with Crippen LogP contribution in [-0.2, 0) is 6.42 Å². The van der Waals surface area contributed by atoms with Crippen LogP contribution in [0.3, 0.4) is 0 Å². The van der Waals surface area contributed by atoms with Gasteiger partial charge in [-0.1, -0.05) is 30.5 Å². The summed E-state index contributed by atoms with van der Waals surface area (Å²) in [4.78, 5) is 21.2. The maximum atomic E-state index is 12.7. The van der Waals surface area contributed by atoms with Gasteiger partial charge < -0.3 is 10.4 Å². The first-order chi connectivity index (χ1) is 12.4. The number of aryl methyl sites for hydroxylation is 1. The van der Waals surface area contributed by atoms with Gasteiger partial charge >= 0.3 is 0 Å². The van der Waals surface area contributed by atoms with Crippen molar-refractivity contribution >= 4 is 17.5 Å². The second-order valence-electron chi connectivity index (χ2n) is 6.97. The zero-order valence-electron chi connectivity index (χ0n) is 15.1. The van der Waals surface area contributed by atoms with Gasteiger partial charge in [0.15, 0.2) is 0 Å². The fourth-order valence-electron chi connectivity index (χ4n) is 3.36. The van der Waals surface area contributed by atoms with Crippen molar-refractivity contribution in [2.45, 2.75) is 58.1 Å². The molecule has 5 nitrogen and oxygen atoms in total.